The van der Waals surface area contributed by atoms with Gasteiger partial charge in [0.05, 0.1) is 11.3 Å². The third-order valence-corrected chi connectivity index (χ3v) is 6.78. The van der Waals surface area contributed by atoms with Gasteiger partial charge in [0.15, 0.2) is 0 Å². The maximum absolute atomic E-state index is 13.1. The lowest BCUT2D eigenvalue weighted by Gasteiger charge is -2.25. The van der Waals surface area contributed by atoms with Gasteiger partial charge >= 0.3 is 5.97 Å². The third kappa shape index (κ3) is 2.64. The van der Waals surface area contributed by atoms with E-state index in [9.17, 15) is 13.2 Å². The van der Waals surface area contributed by atoms with E-state index in [0.29, 0.717) is 16.6 Å². The Labute approximate surface area is 142 Å². The van der Waals surface area contributed by atoms with Crippen LogP contribution >= 0.6 is 15.9 Å². The second-order valence-electron chi connectivity index (χ2n) is 5.43. The van der Waals surface area contributed by atoms with Crippen LogP contribution in [0.5, 0.6) is 0 Å². The summed E-state index contributed by atoms with van der Waals surface area (Å²) >= 11 is 3.22. The third-order valence-electron chi connectivity index (χ3n) is 3.86. The number of carboxylic acid groups (broad SMARTS) is 1. The number of para-hydroxylation sites is 1. The topological polar surface area (TPSA) is 74.7 Å². The van der Waals surface area contributed by atoms with Gasteiger partial charge in [-0.2, -0.15) is 0 Å². The van der Waals surface area contributed by atoms with Crippen LogP contribution in [0.3, 0.4) is 0 Å². The summed E-state index contributed by atoms with van der Waals surface area (Å²) < 4.78 is 27.9. The molecule has 5 nitrogen and oxygen atoms in total. The van der Waals surface area contributed by atoms with Gasteiger partial charge in [0.1, 0.15) is 4.90 Å². The molecule has 120 valence electrons. The molecule has 0 aliphatic carbocycles. The Morgan fingerprint density at radius 2 is 1.96 bits per heavy atom. The molecule has 0 saturated heterocycles. The minimum absolute atomic E-state index is 0.0408. The first-order chi connectivity index (χ1) is 10.8. The average Bonchev–Trinajstić information content (AvgIpc) is 2.83. The first-order valence-electron chi connectivity index (χ1n) is 6.97. The fourth-order valence-electron chi connectivity index (χ4n) is 2.84. The predicted octanol–water partition coefficient (Wildman–Crippen LogP) is 3.29. The van der Waals surface area contributed by atoms with Crippen molar-refractivity contribution < 1.29 is 18.3 Å². The van der Waals surface area contributed by atoms with E-state index in [1.807, 2.05) is 19.1 Å². The molecule has 0 bridgehead atoms. The van der Waals surface area contributed by atoms with Gasteiger partial charge in [-0.05, 0) is 59.1 Å². The summed E-state index contributed by atoms with van der Waals surface area (Å²) in [6.07, 6.45) is 0.631. The van der Waals surface area contributed by atoms with E-state index in [4.69, 9.17) is 5.11 Å². The lowest BCUT2D eigenvalue weighted by Crippen LogP contribution is -2.36. The van der Waals surface area contributed by atoms with E-state index < -0.39 is 16.0 Å². The van der Waals surface area contributed by atoms with Crippen molar-refractivity contribution in [2.45, 2.75) is 24.3 Å². The van der Waals surface area contributed by atoms with Crippen molar-refractivity contribution in [1.82, 2.24) is 0 Å². The first kappa shape index (κ1) is 16.0. The zero-order valence-corrected chi connectivity index (χ0v) is 14.6. The van der Waals surface area contributed by atoms with E-state index in [1.54, 1.807) is 12.1 Å². The smallest absolute Gasteiger partial charge is 0.335 e. The van der Waals surface area contributed by atoms with E-state index in [-0.39, 0.29) is 16.5 Å². The Morgan fingerprint density at radius 3 is 2.65 bits per heavy atom. The molecule has 1 atom stereocenters. The Morgan fingerprint density at radius 1 is 1.26 bits per heavy atom. The maximum atomic E-state index is 13.1. The van der Waals surface area contributed by atoms with Gasteiger partial charge in [-0.25, -0.2) is 13.2 Å². The van der Waals surface area contributed by atoms with Crippen molar-refractivity contribution >= 4 is 37.6 Å². The molecular weight excluding hydrogens is 382 g/mol. The predicted molar refractivity (Wildman–Crippen MR) is 90.4 cm³/mol. The quantitative estimate of drug-likeness (QED) is 0.864. The number of sulfonamides is 1. The minimum atomic E-state index is -3.86. The van der Waals surface area contributed by atoms with Crippen LogP contribution in [0.2, 0.25) is 0 Å². The number of aromatic carboxylic acids is 1. The molecule has 0 amide bonds. The lowest BCUT2D eigenvalue weighted by atomic mass is 10.1. The molecule has 2 aromatic rings. The molecule has 23 heavy (non-hydrogen) atoms. The van der Waals surface area contributed by atoms with Gasteiger partial charge in [-0.1, -0.05) is 18.2 Å². The van der Waals surface area contributed by atoms with E-state index in [0.717, 1.165) is 5.56 Å². The Hall–Kier alpha value is -1.86. The van der Waals surface area contributed by atoms with Crippen LogP contribution in [0.25, 0.3) is 0 Å². The highest BCUT2D eigenvalue weighted by Gasteiger charge is 2.37. The fraction of sp³-hybridized carbons (Fsp3) is 0.188. The molecule has 1 aliphatic rings. The second kappa shape index (κ2) is 5.65. The van der Waals surface area contributed by atoms with Gasteiger partial charge in [0.2, 0.25) is 0 Å². The molecule has 3 rings (SSSR count). The van der Waals surface area contributed by atoms with E-state index >= 15 is 0 Å². The number of nitrogens with zero attached hydrogens (tertiary/aromatic N) is 1. The summed E-state index contributed by atoms with van der Waals surface area (Å²) in [5.41, 5.74) is 1.55. The Bertz CT molecular complexity index is 895. The Kier molecular flexibility index (Phi) is 3.93. The van der Waals surface area contributed by atoms with Crippen LogP contribution in [0.1, 0.15) is 22.8 Å². The number of rotatable bonds is 3. The summed E-state index contributed by atoms with van der Waals surface area (Å²) in [5.74, 6) is -1.16. The second-order valence-corrected chi connectivity index (χ2v) is 8.07. The summed E-state index contributed by atoms with van der Waals surface area (Å²) in [7, 11) is -3.86. The number of benzene rings is 2. The highest BCUT2D eigenvalue weighted by Crippen LogP contribution is 2.38. The van der Waals surface area contributed by atoms with Crippen LogP contribution < -0.4 is 4.31 Å². The molecule has 7 heteroatoms. The minimum Gasteiger partial charge on any atom is -0.478 e. The van der Waals surface area contributed by atoms with Gasteiger partial charge in [-0.3, -0.25) is 4.31 Å². The average molecular weight is 396 g/mol. The van der Waals surface area contributed by atoms with Crippen LogP contribution in [0, 0.1) is 0 Å². The number of anilines is 1. The number of hydrogen-bond donors (Lipinski definition) is 1. The molecule has 0 fully saturated rings. The molecule has 0 radical (unpaired) electrons. The summed E-state index contributed by atoms with van der Waals surface area (Å²) in [6, 6.07) is 11.1. The summed E-state index contributed by atoms with van der Waals surface area (Å²) in [6.45, 7) is 1.84. The summed E-state index contributed by atoms with van der Waals surface area (Å²) in [5, 5.41) is 9.12. The Balaban J connectivity index is 2.17. The number of fused-ring (bicyclic) bond motifs is 1. The highest BCUT2D eigenvalue weighted by molar-refractivity contribution is 9.10. The van der Waals surface area contributed by atoms with Gasteiger partial charge in [-0.15, -0.1) is 0 Å². The maximum Gasteiger partial charge on any atom is 0.335 e. The monoisotopic (exact) mass is 395 g/mol. The van der Waals surface area contributed by atoms with Crippen molar-refractivity contribution in [3.05, 3.63) is 58.1 Å². The van der Waals surface area contributed by atoms with E-state index in [2.05, 4.69) is 15.9 Å². The van der Waals surface area contributed by atoms with Crippen LogP contribution in [-0.2, 0) is 16.4 Å². The molecule has 0 unspecified atom stereocenters. The van der Waals surface area contributed by atoms with Crippen molar-refractivity contribution in [2.75, 3.05) is 4.31 Å². The molecule has 1 aliphatic heterocycles. The fourth-order valence-corrected chi connectivity index (χ4v) is 5.49. The van der Waals surface area contributed by atoms with E-state index in [1.165, 1.54) is 22.5 Å². The van der Waals surface area contributed by atoms with Crippen LogP contribution in [0.4, 0.5) is 5.69 Å². The number of carboxylic acids is 1. The van der Waals surface area contributed by atoms with Crippen molar-refractivity contribution in [1.29, 1.82) is 0 Å². The van der Waals surface area contributed by atoms with Crippen LogP contribution in [-0.4, -0.2) is 25.5 Å². The SMILES string of the molecule is C[C@@H]1Cc2ccccc2N1S(=O)(=O)c1cc(C(=O)O)ccc1Br. The lowest BCUT2D eigenvalue weighted by molar-refractivity contribution is 0.0696. The number of halogens is 1. The standard InChI is InChI=1S/C16H14BrNO4S/c1-10-8-11-4-2-3-5-14(11)18(10)23(21,22)15-9-12(16(19)20)6-7-13(15)17/h2-7,9-10H,8H2,1H3,(H,19,20)/t10-/m1/s1. The normalized spacial score (nSPS) is 17.1. The zero-order chi connectivity index (χ0) is 16.8. The van der Waals surface area contributed by atoms with Gasteiger partial charge < -0.3 is 5.11 Å². The van der Waals surface area contributed by atoms with Crippen LogP contribution in [0.15, 0.2) is 51.8 Å². The zero-order valence-electron chi connectivity index (χ0n) is 12.2. The molecular formula is C16H14BrNO4S. The summed E-state index contributed by atoms with van der Waals surface area (Å²) in [4.78, 5) is 11.1. The van der Waals surface area contributed by atoms with Crippen molar-refractivity contribution in [3.63, 3.8) is 0 Å². The van der Waals surface area contributed by atoms with Crippen molar-refractivity contribution in [2.24, 2.45) is 0 Å². The van der Waals surface area contributed by atoms with Gasteiger partial charge in [0, 0.05) is 10.5 Å². The molecule has 2 aromatic carbocycles. The molecule has 1 N–H and O–H groups in total. The largest absolute Gasteiger partial charge is 0.478 e. The number of hydrogen-bond acceptors (Lipinski definition) is 3. The molecule has 0 spiro atoms. The van der Waals surface area contributed by atoms with Crippen molar-refractivity contribution in [3.8, 4) is 0 Å². The molecule has 0 aromatic heterocycles. The number of carbonyl (C=O) groups is 1. The van der Waals surface area contributed by atoms with Gasteiger partial charge in [0.25, 0.3) is 10.0 Å². The highest BCUT2D eigenvalue weighted by atomic mass is 79.9. The molecule has 0 saturated carbocycles. The first-order valence-corrected chi connectivity index (χ1v) is 9.21. The molecule has 1 heterocycles.